The maximum absolute atomic E-state index is 4.44. The molecule has 0 aromatic heterocycles. The molecule has 0 fully saturated rings. The number of likely N-dealkylation sites (N-methyl/N-ethyl adjacent to an activating group) is 1. The average Bonchev–Trinajstić information content (AvgIpc) is 2.07. The van der Waals surface area contributed by atoms with Gasteiger partial charge in [-0.05, 0) is 12.6 Å². The van der Waals surface area contributed by atoms with Crippen molar-refractivity contribution in [1.82, 2.24) is 5.32 Å². The van der Waals surface area contributed by atoms with Crippen LogP contribution in [-0.4, -0.2) is 13.6 Å². The molecule has 12 heavy (non-hydrogen) atoms. The number of hydrogen-bond acceptors (Lipinski definition) is 2. The molecule has 0 aliphatic rings. The summed E-state index contributed by atoms with van der Waals surface area (Å²) in [5, 5.41) is 3.40. The van der Waals surface area contributed by atoms with E-state index in [0.29, 0.717) is 5.25 Å². The first-order chi connectivity index (χ1) is 5.34. The van der Waals surface area contributed by atoms with Gasteiger partial charge in [-0.1, -0.05) is 30.3 Å². The van der Waals surface area contributed by atoms with E-state index in [-0.39, 0.29) is 12.4 Å². The van der Waals surface area contributed by atoms with Gasteiger partial charge in [-0.15, -0.1) is 12.4 Å². The van der Waals surface area contributed by atoms with Crippen LogP contribution < -0.4 is 5.32 Å². The quantitative estimate of drug-likeness (QED) is 0.719. The molecule has 0 aliphatic carbocycles. The van der Waals surface area contributed by atoms with Crippen LogP contribution in [0.2, 0.25) is 0 Å². The van der Waals surface area contributed by atoms with E-state index in [1.54, 1.807) is 0 Å². The summed E-state index contributed by atoms with van der Waals surface area (Å²) >= 11 is 4.44. The Kier molecular flexibility index (Phi) is 6.25. The molecule has 1 aromatic rings. The number of benzene rings is 1. The molecule has 1 rings (SSSR count). The molecule has 0 amide bonds. The average molecular weight is 204 g/mol. The topological polar surface area (TPSA) is 12.0 Å². The van der Waals surface area contributed by atoms with Crippen LogP contribution in [0.4, 0.5) is 0 Å². The van der Waals surface area contributed by atoms with Crippen molar-refractivity contribution in [3.05, 3.63) is 35.9 Å². The van der Waals surface area contributed by atoms with E-state index in [2.05, 4.69) is 30.1 Å². The fourth-order valence-corrected chi connectivity index (χ4v) is 1.34. The normalized spacial score (nSPS) is 11.8. The number of hydrogen-bond donors (Lipinski definition) is 2. The minimum atomic E-state index is 0. The standard InChI is InChI=1S/C9H13NS.ClH/c1-10-7-9(11)8-5-3-2-4-6-8;/h2-6,9-11H,7H2,1H3;1H. The zero-order valence-electron chi connectivity index (χ0n) is 7.03. The highest BCUT2D eigenvalue weighted by Gasteiger charge is 2.02. The molecule has 1 aromatic carbocycles. The molecular formula is C9H14ClNS. The van der Waals surface area contributed by atoms with Gasteiger partial charge in [0.05, 0.1) is 0 Å². The SMILES string of the molecule is CNCC(S)c1ccccc1.Cl. The second-order valence-corrected chi connectivity index (χ2v) is 3.11. The first-order valence-corrected chi connectivity index (χ1v) is 4.24. The Bertz CT molecular complexity index is 203. The molecule has 3 heteroatoms. The van der Waals surface area contributed by atoms with E-state index < -0.39 is 0 Å². The molecule has 0 spiro atoms. The highest BCUT2D eigenvalue weighted by molar-refractivity contribution is 7.80. The molecule has 0 saturated heterocycles. The highest BCUT2D eigenvalue weighted by atomic mass is 35.5. The predicted octanol–water partition coefficient (Wildman–Crippen LogP) is 2.30. The van der Waals surface area contributed by atoms with E-state index >= 15 is 0 Å². The molecule has 0 radical (unpaired) electrons. The summed E-state index contributed by atoms with van der Waals surface area (Å²) in [7, 11) is 1.94. The van der Waals surface area contributed by atoms with E-state index in [4.69, 9.17) is 0 Å². The predicted molar refractivity (Wildman–Crippen MR) is 59.3 cm³/mol. The lowest BCUT2D eigenvalue weighted by molar-refractivity contribution is 0.781. The Hall–Kier alpha value is -0.180. The highest BCUT2D eigenvalue weighted by Crippen LogP contribution is 2.17. The third kappa shape index (κ3) is 3.48. The van der Waals surface area contributed by atoms with Crippen molar-refractivity contribution in [2.24, 2.45) is 0 Å². The third-order valence-corrected chi connectivity index (χ3v) is 2.06. The number of nitrogens with one attached hydrogen (secondary N) is 1. The Morgan fingerprint density at radius 2 is 1.92 bits per heavy atom. The molecule has 1 N–H and O–H groups in total. The van der Waals surface area contributed by atoms with E-state index in [1.165, 1.54) is 5.56 Å². The summed E-state index contributed by atoms with van der Waals surface area (Å²) in [6.07, 6.45) is 0. The summed E-state index contributed by atoms with van der Waals surface area (Å²) < 4.78 is 0. The molecule has 1 unspecified atom stereocenters. The van der Waals surface area contributed by atoms with Crippen LogP contribution in [0, 0.1) is 0 Å². The number of halogens is 1. The van der Waals surface area contributed by atoms with Crippen molar-refractivity contribution < 1.29 is 0 Å². The lowest BCUT2D eigenvalue weighted by Gasteiger charge is -2.08. The maximum Gasteiger partial charge on any atom is 0.0391 e. The van der Waals surface area contributed by atoms with Crippen molar-refractivity contribution in [2.45, 2.75) is 5.25 Å². The minimum Gasteiger partial charge on any atom is -0.318 e. The van der Waals surface area contributed by atoms with Crippen molar-refractivity contribution in [2.75, 3.05) is 13.6 Å². The lowest BCUT2D eigenvalue weighted by atomic mass is 10.1. The summed E-state index contributed by atoms with van der Waals surface area (Å²) in [4.78, 5) is 0. The molecular weight excluding hydrogens is 190 g/mol. The van der Waals surface area contributed by atoms with Gasteiger partial charge in [0.25, 0.3) is 0 Å². The van der Waals surface area contributed by atoms with Crippen LogP contribution in [0.3, 0.4) is 0 Å². The van der Waals surface area contributed by atoms with Gasteiger partial charge >= 0.3 is 0 Å². The Labute approximate surface area is 85.4 Å². The zero-order chi connectivity index (χ0) is 8.10. The zero-order valence-corrected chi connectivity index (χ0v) is 8.74. The number of thiol groups is 1. The van der Waals surface area contributed by atoms with Gasteiger partial charge in [-0.25, -0.2) is 0 Å². The van der Waals surface area contributed by atoms with Crippen LogP contribution in [-0.2, 0) is 0 Å². The van der Waals surface area contributed by atoms with Crippen LogP contribution in [0.15, 0.2) is 30.3 Å². The van der Waals surface area contributed by atoms with Crippen molar-refractivity contribution in [3.8, 4) is 0 Å². The van der Waals surface area contributed by atoms with Gasteiger partial charge in [-0.2, -0.15) is 12.6 Å². The second-order valence-electron chi connectivity index (χ2n) is 2.48. The van der Waals surface area contributed by atoms with Crippen LogP contribution >= 0.6 is 25.0 Å². The third-order valence-electron chi connectivity index (χ3n) is 1.58. The van der Waals surface area contributed by atoms with Gasteiger partial charge in [0.15, 0.2) is 0 Å². The van der Waals surface area contributed by atoms with Crippen molar-refractivity contribution in [3.63, 3.8) is 0 Å². The molecule has 0 bridgehead atoms. The molecule has 68 valence electrons. The Balaban J connectivity index is 0.00000121. The van der Waals surface area contributed by atoms with Gasteiger partial charge < -0.3 is 5.32 Å². The Morgan fingerprint density at radius 3 is 2.42 bits per heavy atom. The second kappa shape index (κ2) is 6.35. The first-order valence-electron chi connectivity index (χ1n) is 3.72. The summed E-state index contributed by atoms with van der Waals surface area (Å²) in [5.74, 6) is 0. The molecule has 0 saturated carbocycles. The van der Waals surface area contributed by atoms with E-state index in [9.17, 15) is 0 Å². The largest absolute Gasteiger partial charge is 0.318 e. The number of rotatable bonds is 3. The van der Waals surface area contributed by atoms with Crippen LogP contribution in [0.1, 0.15) is 10.8 Å². The van der Waals surface area contributed by atoms with E-state index in [0.717, 1.165) is 6.54 Å². The fourth-order valence-electron chi connectivity index (χ4n) is 0.986. The van der Waals surface area contributed by atoms with Crippen molar-refractivity contribution in [1.29, 1.82) is 0 Å². The maximum atomic E-state index is 4.44. The van der Waals surface area contributed by atoms with E-state index in [1.807, 2.05) is 25.2 Å². The summed E-state index contributed by atoms with van der Waals surface area (Å²) in [5.41, 5.74) is 1.27. The fraction of sp³-hybridized carbons (Fsp3) is 0.333. The molecule has 0 aliphatic heterocycles. The minimum absolute atomic E-state index is 0. The van der Waals surface area contributed by atoms with Gasteiger partial charge in [0.1, 0.15) is 0 Å². The molecule has 1 nitrogen and oxygen atoms in total. The summed E-state index contributed by atoms with van der Waals surface area (Å²) in [6.45, 7) is 0.910. The van der Waals surface area contributed by atoms with Gasteiger partial charge in [0.2, 0.25) is 0 Å². The van der Waals surface area contributed by atoms with Crippen molar-refractivity contribution >= 4 is 25.0 Å². The van der Waals surface area contributed by atoms with Crippen LogP contribution in [0.5, 0.6) is 0 Å². The first kappa shape index (κ1) is 11.8. The van der Waals surface area contributed by atoms with Gasteiger partial charge in [-0.3, -0.25) is 0 Å². The molecule has 1 atom stereocenters. The Morgan fingerprint density at radius 1 is 1.33 bits per heavy atom. The molecule has 0 heterocycles. The lowest BCUT2D eigenvalue weighted by Crippen LogP contribution is -2.12. The smallest absolute Gasteiger partial charge is 0.0391 e. The summed E-state index contributed by atoms with van der Waals surface area (Å²) in [6, 6.07) is 10.3. The van der Waals surface area contributed by atoms with Gasteiger partial charge in [0, 0.05) is 11.8 Å². The monoisotopic (exact) mass is 203 g/mol. The van der Waals surface area contributed by atoms with Crippen LogP contribution in [0.25, 0.3) is 0 Å².